The summed E-state index contributed by atoms with van der Waals surface area (Å²) >= 11 is 0. The van der Waals surface area contributed by atoms with Crippen LogP contribution in [0.5, 0.6) is 0 Å². The molecule has 94 valence electrons. The van der Waals surface area contributed by atoms with Crippen molar-refractivity contribution in [2.75, 3.05) is 25.5 Å². The zero-order chi connectivity index (χ0) is 12.8. The summed E-state index contributed by atoms with van der Waals surface area (Å²) in [6.07, 6.45) is 0. The van der Waals surface area contributed by atoms with Gasteiger partial charge in [0.2, 0.25) is 0 Å². The molecule has 0 spiro atoms. The van der Waals surface area contributed by atoms with Crippen LogP contribution in [-0.4, -0.2) is 31.1 Å². The fourth-order valence-electron chi connectivity index (χ4n) is 1.48. The maximum atomic E-state index is 11.8. The van der Waals surface area contributed by atoms with Crippen molar-refractivity contribution in [2.24, 2.45) is 11.7 Å². The molecule has 1 unspecified atom stereocenters. The van der Waals surface area contributed by atoms with E-state index in [1.54, 1.807) is 11.9 Å². The van der Waals surface area contributed by atoms with E-state index >= 15 is 0 Å². The van der Waals surface area contributed by atoms with E-state index in [1.807, 2.05) is 38.1 Å². The maximum Gasteiger partial charge on any atom is 0.321 e. The van der Waals surface area contributed by atoms with Crippen LogP contribution in [0.25, 0.3) is 0 Å². The Bertz CT molecular complexity index is 361. The number of carbonyl (C=O) groups is 1. The first-order chi connectivity index (χ1) is 8.02. The Morgan fingerprint density at radius 2 is 2.00 bits per heavy atom. The minimum Gasteiger partial charge on any atom is -0.330 e. The molecule has 0 aliphatic rings. The summed E-state index contributed by atoms with van der Waals surface area (Å²) in [5, 5.41) is 2.84. The molecule has 0 aliphatic carbocycles. The summed E-state index contributed by atoms with van der Waals surface area (Å²) in [6.45, 7) is 5.28. The maximum absolute atomic E-state index is 11.8. The number of urea groups is 1. The predicted molar refractivity (Wildman–Crippen MR) is 71.0 cm³/mol. The summed E-state index contributed by atoms with van der Waals surface area (Å²) in [5.41, 5.74) is 7.52. The fraction of sp³-hybridized carbons (Fsp3) is 0.462. The summed E-state index contributed by atoms with van der Waals surface area (Å²) in [7, 11) is 1.77. The molecule has 1 atom stereocenters. The largest absolute Gasteiger partial charge is 0.330 e. The molecule has 0 saturated carbocycles. The SMILES string of the molecule is Cc1ccc(NC(=O)N(C)CC(C)CN)cc1. The van der Waals surface area contributed by atoms with Gasteiger partial charge in [-0.05, 0) is 31.5 Å². The molecule has 0 heterocycles. The second kappa shape index (κ2) is 6.25. The van der Waals surface area contributed by atoms with E-state index in [4.69, 9.17) is 5.73 Å². The Balaban J connectivity index is 2.51. The highest BCUT2D eigenvalue weighted by Gasteiger charge is 2.11. The van der Waals surface area contributed by atoms with E-state index in [0.29, 0.717) is 19.0 Å². The van der Waals surface area contributed by atoms with Gasteiger partial charge in [0.25, 0.3) is 0 Å². The average Bonchev–Trinajstić information content (AvgIpc) is 2.31. The Morgan fingerprint density at radius 3 is 2.53 bits per heavy atom. The number of benzene rings is 1. The van der Waals surface area contributed by atoms with Crippen molar-refractivity contribution < 1.29 is 4.79 Å². The number of amides is 2. The molecule has 17 heavy (non-hydrogen) atoms. The molecule has 0 bridgehead atoms. The second-order valence-electron chi connectivity index (χ2n) is 4.52. The molecule has 0 aliphatic heterocycles. The van der Waals surface area contributed by atoms with Crippen LogP contribution in [0.4, 0.5) is 10.5 Å². The molecular formula is C13H21N3O. The lowest BCUT2D eigenvalue weighted by molar-refractivity contribution is 0.216. The number of anilines is 1. The normalized spacial score (nSPS) is 12.0. The number of nitrogens with one attached hydrogen (secondary N) is 1. The van der Waals surface area contributed by atoms with Crippen molar-refractivity contribution in [3.05, 3.63) is 29.8 Å². The number of rotatable bonds is 4. The molecule has 1 aromatic rings. The summed E-state index contributed by atoms with van der Waals surface area (Å²) in [6, 6.07) is 7.63. The van der Waals surface area contributed by atoms with E-state index in [-0.39, 0.29) is 6.03 Å². The third-order valence-corrected chi connectivity index (χ3v) is 2.64. The van der Waals surface area contributed by atoms with Crippen LogP contribution in [0.15, 0.2) is 24.3 Å². The van der Waals surface area contributed by atoms with Crippen molar-refractivity contribution in [3.63, 3.8) is 0 Å². The molecule has 4 heteroatoms. The number of nitrogens with two attached hydrogens (primary N) is 1. The van der Waals surface area contributed by atoms with Crippen molar-refractivity contribution in [3.8, 4) is 0 Å². The summed E-state index contributed by atoms with van der Waals surface area (Å²) in [4.78, 5) is 13.5. The number of aryl methyl sites for hydroxylation is 1. The average molecular weight is 235 g/mol. The second-order valence-corrected chi connectivity index (χ2v) is 4.52. The highest BCUT2D eigenvalue weighted by molar-refractivity contribution is 5.89. The first-order valence-electron chi connectivity index (χ1n) is 5.81. The van der Waals surface area contributed by atoms with Gasteiger partial charge < -0.3 is 16.0 Å². The van der Waals surface area contributed by atoms with Gasteiger partial charge in [-0.3, -0.25) is 0 Å². The van der Waals surface area contributed by atoms with Crippen LogP contribution < -0.4 is 11.1 Å². The van der Waals surface area contributed by atoms with Crippen molar-refractivity contribution in [1.82, 2.24) is 4.90 Å². The number of carbonyl (C=O) groups excluding carboxylic acids is 1. The van der Waals surface area contributed by atoms with Crippen LogP contribution in [-0.2, 0) is 0 Å². The van der Waals surface area contributed by atoms with Gasteiger partial charge in [-0.1, -0.05) is 24.6 Å². The monoisotopic (exact) mass is 235 g/mol. The smallest absolute Gasteiger partial charge is 0.321 e. The Kier molecular flexibility index (Phi) is 4.97. The third kappa shape index (κ3) is 4.44. The molecule has 2 amide bonds. The Hall–Kier alpha value is -1.55. The van der Waals surface area contributed by atoms with Crippen LogP contribution in [0.2, 0.25) is 0 Å². The molecular weight excluding hydrogens is 214 g/mol. The quantitative estimate of drug-likeness (QED) is 0.839. The third-order valence-electron chi connectivity index (χ3n) is 2.64. The molecule has 0 radical (unpaired) electrons. The first kappa shape index (κ1) is 13.5. The van der Waals surface area contributed by atoms with E-state index in [0.717, 1.165) is 5.69 Å². The van der Waals surface area contributed by atoms with Crippen molar-refractivity contribution in [2.45, 2.75) is 13.8 Å². The zero-order valence-corrected chi connectivity index (χ0v) is 10.7. The molecule has 1 aromatic carbocycles. The Labute approximate surface area is 103 Å². The van der Waals surface area contributed by atoms with Crippen LogP contribution in [0.1, 0.15) is 12.5 Å². The van der Waals surface area contributed by atoms with E-state index in [2.05, 4.69) is 5.32 Å². The lowest BCUT2D eigenvalue weighted by Crippen LogP contribution is -2.36. The summed E-state index contributed by atoms with van der Waals surface area (Å²) < 4.78 is 0. The van der Waals surface area contributed by atoms with Crippen molar-refractivity contribution in [1.29, 1.82) is 0 Å². The van der Waals surface area contributed by atoms with Gasteiger partial charge in [0.1, 0.15) is 0 Å². The lowest BCUT2D eigenvalue weighted by Gasteiger charge is -2.21. The lowest BCUT2D eigenvalue weighted by atomic mass is 10.2. The molecule has 0 aromatic heterocycles. The van der Waals surface area contributed by atoms with Crippen molar-refractivity contribution >= 4 is 11.7 Å². The van der Waals surface area contributed by atoms with Gasteiger partial charge in [0, 0.05) is 19.3 Å². The van der Waals surface area contributed by atoms with Crippen LogP contribution in [0, 0.1) is 12.8 Å². The minimum atomic E-state index is -0.103. The molecule has 0 fully saturated rings. The van der Waals surface area contributed by atoms with Gasteiger partial charge in [-0.2, -0.15) is 0 Å². The molecule has 4 nitrogen and oxygen atoms in total. The molecule has 0 saturated heterocycles. The first-order valence-corrected chi connectivity index (χ1v) is 5.81. The topological polar surface area (TPSA) is 58.4 Å². The zero-order valence-electron chi connectivity index (χ0n) is 10.7. The van der Waals surface area contributed by atoms with Gasteiger partial charge in [-0.25, -0.2) is 4.79 Å². The van der Waals surface area contributed by atoms with Gasteiger partial charge in [0.05, 0.1) is 0 Å². The molecule has 3 N–H and O–H groups in total. The van der Waals surface area contributed by atoms with Gasteiger partial charge >= 0.3 is 6.03 Å². The minimum absolute atomic E-state index is 0.103. The highest BCUT2D eigenvalue weighted by atomic mass is 16.2. The fourth-order valence-corrected chi connectivity index (χ4v) is 1.48. The number of nitrogens with zero attached hydrogens (tertiary/aromatic N) is 1. The molecule has 1 rings (SSSR count). The number of hydrogen-bond donors (Lipinski definition) is 2. The Morgan fingerprint density at radius 1 is 1.41 bits per heavy atom. The number of hydrogen-bond acceptors (Lipinski definition) is 2. The van der Waals surface area contributed by atoms with E-state index in [9.17, 15) is 4.79 Å². The van der Waals surface area contributed by atoms with Crippen LogP contribution >= 0.6 is 0 Å². The predicted octanol–water partition coefficient (Wildman–Crippen LogP) is 2.05. The van der Waals surface area contributed by atoms with E-state index < -0.39 is 0 Å². The van der Waals surface area contributed by atoms with E-state index in [1.165, 1.54) is 5.56 Å². The van der Waals surface area contributed by atoms with Gasteiger partial charge in [-0.15, -0.1) is 0 Å². The highest BCUT2D eigenvalue weighted by Crippen LogP contribution is 2.09. The summed E-state index contributed by atoms with van der Waals surface area (Å²) in [5.74, 6) is 0.309. The van der Waals surface area contributed by atoms with Crippen LogP contribution in [0.3, 0.4) is 0 Å². The standard InChI is InChI=1S/C13H21N3O/c1-10-4-6-12(7-5-10)15-13(17)16(3)9-11(2)8-14/h4-7,11H,8-9,14H2,1-3H3,(H,15,17). The van der Waals surface area contributed by atoms with Gasteiger partial charge in [0.15, 0.2) is 0 Å².